The van der Waals surface area contributed by atoms with Crippen molar-refractivity contribution in [2.75, 3.05) is 13.2 Å². The Hall–Kier alpha value is -2.43. The molecule has 5 nitrogen and oxygen atoms in total. The van der Waals surface area contributed by atoms with Gasteiger partial charge in [0.05, 0.1) is 18.8 Å². The number of hydrogen-bond acceptors (Lipinski definition) is 3. The van der Waals surface area contributed by atoms with Crippen LogP contribution >= 0.6 is 0 Å². The Morgan fingerprint density at radius 2 is 2.30 bits per heavy atom. The molecule has 3 rings (SSSR count). The van der Waals surface area contributed by atoms with E-state index >= 15 is 0 Å². The van der Waals surface area contributed by atoms with Gasteiger partial charge in [-0.05, 0) is 43.5 Å². The van der Waals surface area contributed by atoms with Crippen molar-refractivity contribution in [2.24, 2.45) is 0 Å². The molecule has 1 heterocycles. The molecule has 0 unspecified atom stereocenters. The van der Waals surface area contributed by atoms with Crippen LogP contribution in [0.25, 0.3) is 0 Å². The molecule has 0 aliphatic heterocycles. The van der Waals surface area contributed by atoms with Crippen molar-refractivity contribution in [3.8, 4) is 5.75 Å². The topological polar surface area (TPSA) is 63.5 Å². The van der Waals surface area contributed by atoms with Crippen LogP contribution in [-0.2, 0) is 6.42 Å². The fraction of sp³-hybridized carbons (Fsp3) is 0.389. The molecule has 2 amide bonds. The summed E-state index contributed by atoms with van der Waals surface area (Å²) >= 11 is 0. The van der Waals surface area contributed by atoms with Gasteiger partial charge in [0, 0.05) is 12.0 Å². The Morgan fingerprint density at radius 1 is 1.39 bits per heavy atom. The van der Waals surface area contributed by atoms with E-state index in [-0.39, 0.29) is 12.1 Å². The van der Waals surface area contributed by atoms with Gasteiger partial charge in [-0.3, -0.25) is 0 Å². The molecule has 122 valence electrons. The van der Waals surface area contributed by atoms with Gasteiger partial charge >= 0.3 is 6.03 Å². The Kier molecular flexibility index (Phi) is 4.86. The average molecular weight is 314 g/mol. The van der Waals surface area contributed by atoms with Gasteiger partial charge in [0.15, 0.2) is 0 Å². The van der Waals surface area contributed by atoms with E-state index in [1.165, 1.54) is 0 Å². The van der Waals surface area contributed by atoms with Crippen LogP contribution in [0, 0.1) is 6.92 Å². The molecular weight excluding hydrogens is 292 g/mol. The third-order valence-electron chi connectivity index (χ3n) is 4.00. The first kappa shape index (κ1) is 15.5. The summed E-state index contributed by atoms with van der Waals surface area (Å²) in [7, 11) is 0. The number of benzene rings is 1. The summed E-state index contributed by atoms with van der Waals surface area (Å²) in [6.45, 7) is 2.93. The van der Waals surface area contributed by atoms with E-state index in [9.17, 15) is 4.79 Å². The first-order valence-electron chi connectivity index (χ1n) is 8.02. The molecule has 0 spiro atoms. The lowest BCUT2D eigenvalue weighted by molar-refractivity contribution is 0.231. The molecule has 1 aromatic carbocycles. The summed E-state index contributed by atoms with van der Waals surface area (Å²) in [4.78, 5) is 12.0. The summed E-state index contributed by atoms with van der Waals surface area (Å²) in [6.07, 6.45) is 4.62. The maximum Gasteiger partial charge on any atom is 0.315 e. The zero-order valence-electron chi connectivity index (χ0n) is 13.3. The molecule has 0 fully saturated rings. The van der Waals surface area contributed by atoms with Gasteiger partial charge in [-0.15, -0.1) is 0 Å². The second kappa shape index (κ2) is 7.22. The Bertz CT molecular complexity index is 666. The van der Waals surface area contributed by atoms with Crippen LogP contribution in [0.1, 0.15) is 35.8 Å². The van der Waals surface area contributed by atoms with Gasteiger partial charge in [-0.2, -0.15) is 0 Å². The van der Waals surface area contributed by atoms with E-state index in [1.54, 1.807) is 6.26 Å². The Morgan fingerprint density at radius 3 is 3.17 bits per heavy atom. The summed E-state index contributed by atoms with van der Waals surface area (Å²) < 4.78 is 11.0. The molecule has 0 saturated heterocycles. The van der Waals surface area contributed by atoms with Crippen molar-refractivity contribution in [3.05, 3.63) is 53.5 Å². The molecule has 1 atom stereocenters. The molecule has 5 heteroatoms. The predicted octanol–water partition coefficient (Wildman–Crippen LogP) is 3.34. The number of furan rings is 1. The first-order chi connectivity index (χ1) is 11.2. The average Bonchev–Trinajstić information content (AvgIpc) is 3.01. The van der Waals surface area contributed by atoms with Crippen molar-refractivity contribution in [1.82, 2.24) is 10.6 Å². The number of fused-ring (bicyclic) bond motifs is 1. The molecule has 1 aromatic heterocycles. The highest BCUT2D eigenvalue weighted by Crippen LogP contribution is 2.30. The van der Waals surface area contributed by atoms with Gasteiger partial charge in [0.25, 0.3) is 0 Å². The highest BCUT2D eigenvalue weighted by Gasteiger charge is 2.23. The van der Waals surface area contributed by atoms with E-state index < -0.39 is 0 Å². The van der Waals surface area contributed by atoms with Crippen LogP contribution in [-0.4, -0.2) is 19.2 Å². The Labute approximate surface area is 136 Å². The number of aryl methyl sites for hydroxylation is 2. The highest BCUT2D eigenvalue weighted by molar-refractivity contribution is 5.74. The normalized spacial score (nSPS) is 16.5. The van der Waals surface area contributed by atoms with Crippen LogP contribution in [0.15, 0.2) is 41.0 Å². The molecule has 1 aliphatic rings. The van der Waals surface area contributed by atoms with E-state index in [0.29, 0.717) is 13.2 Å². The number of nitrogens with one attached hydrogen (secondary N) is 2. The third kappa shape index (κ3) is 4.06. The summed E-state index contributed by atoms with van der Waals surface area (Å²) in [5.41, 5.74) is 2.25. The molecule has 0 saturated carbocycles. The zero-order valence-corrected chi connectivity index (χ0v) is 13.3. The SMILES string of the molecule is Cc1cccc(OCCNC(=O)N[C@H]2CCCc3occc32)c1. The maximum atomic E-state index is 12.0. The van der Waals surface area contributed by atoms with Gasteiger partial charge < -0.3 is 19.8 Å². The zero-order chi connectivity index (χ0) is 16.1. The lowest BCUT2D eigenvalue weighted by atomic mass is 9.93. The van der Waals surface area contributed by atoms with Crippen molar-refractivity contribution in [1.29, 1.82) is 0 Å². The molecule has 1 aliphatic carbocycles. The quantitative estimate of drug-likeness (QED) is 0.832. The van der Waals surface area contributed by atoms with Crippen molar-refractivity contribution >= 4 is 6.03 Å². The van der Waals surface area contributed by atoms with Crippen LogP contribution in [0.3, 0.4) is 0 Å². The molecule has 23 heavy (non-hydrogen) atoms. The van der Waals surface area contributed by atoms with Crippen molar-refractivity contribution in [2.45, 2.75) is 32.2 Å². The summed E-state index contributed by atoms with van der Waals surface area (Å²) in [5, 5.41) is 5.84. The maximum absolute atomic E-state index is 12.0. The van der Waals surface area contributed by atoms with Crippen LogP contribution in [0.5, 0.6) is 5.75 Å². The van der Waals surface area contributed by atoms with Gasteiger partial charge in [-0.1, -0.05) is 12.1 Å². The van der Waals surface area contributed by atoms with Crippen LogP contribution in [0.4, 0.5) is 4.79 Å². The van der Waals surface area contributed by atoms with Crippen LogP contribution in [0.2, 0.25) is 0 Å². The minimum Gasteiger partial charge on any atom is -0.492 e. The standard InChI is InChI=1S/C18H22N2O3/c1-13-4-2-5-14(12-13)22-11-9-19-18(21)20-16-6-3-7-17-15(16)8-10-23-17/h2,4-5,8,10,12,16H,3,6-7,9,11H2,1H3,(H2,19,20,21)/t16-/m0/s1. The van der Waals surface area contributed by atoms with E-state index in [4.69, 9.17) is 9.15 Å². The first-order valence-corrected chi connectivity index (χ1v) is 8.02. The lowest BCUT2D eigenvalue weighted by Crippen LogP contribution is -2.40. The monoisotopic (exact) mass is 314 g/mol. The van der Waals surface area contributed by atoms with Crippen molar-refractivity contribution < 1.29 is 13.9 Å². The lowest BCUT2D eigenvalue weighted by Gasteiger charge is -2.22. The Balaban J connectivity index is 1.41. The highest BCUT2D eigenvalue weighted by atomic mass is 16.5. The second-order valence-corrected chi connectivity index (χ2v) is 5.81. The largest absolute Gasteiger partial charge is 0.492 e. The molecule has 2 aromatic rings. The molecule has 2 N–H and O–H groups in total. The summed E-state index contributed by atoms with van der Waals surface area (Å²) in [6, 6.07) is 9.67. The number of rotatable bonds is 5. The smallest absolute Gasteiger partial charge is 0.315 e. The van der Waals surface area contributed by atoms with Gasteiger partial charge in [0.2, 0.25) is 0 Å². The number of urea groups is 1. The number of amides is 2. The molecule has 0 radical (unpaired) electrons. The fourth-order valence-electron chi connectivity index (χ4n) is 2.88. The predicted molar refractivity (Wildman–Crippen MR) is 87.6 cm³/mol. The van der Waals surface area contributed by atoms with Gasteiger partial charge in [-0.25, -0.2) is 4.79 Å². The van der Waals surface area contributed by atoms with E-state index in [2.05, 4.69) is 10.6 Å². The van der Waals surface area contributed by atoms with Crippen molar-refractivity contribution in [3.63, 3.8) is 0 Å². The molecular formula is C18H22N2O3. The van der Waals surface area contributed by atoms with E-state index in [0.717, 1.165) is 41.9 Å². The molecule has 0 bridgehead atoms. The van der Waals surface area contributed by atoms with E-state index in [1.807, 2.05) is 37.3 Å². The number of ether oxygens (including phenoxy) is 1. The summed E-state index contributed by atoms with van der Waals surface area (Å²) in [5.74, 6) is 1.81. The third-order valence-corrected chi connectivity index (χ3v) is 4.00. The number of carbonyl (C=O) groups excluding carboxylic acids is 1. The van der Waals surface area contributed by atoms with Crippen LogP contribution < -0.4 is 15.4 Å². The minimum absolute atomic E-state index is 0.0372. The minimum atomic E-state index is -0.170. The number of carbonyl (C=O) groups is 1. The number of hydrogen-bond donors (Lipinski definition) is 2. The second-order valence-electron chi connectivity index (χ2n) is 5.81. The van der Waals surface area contributed by atoms with Gasteiger partial charge in [0.1, 0.15) is 18.1 Å². The fourth-order valence-corrected chi connectivity index (χ4v) is 2.88.